The van der Waals surface area contributed by atoms with Gasteiger partial charge in [-0.2, -0.15) is 0 Å². The Labute approximate surface area is 98.2 Å². The molecule has 0 bridgehead atoms. The van der Waals surface area contributed by atoms with Crippen LogP contribution >= 0.6 is 0 Å². The molecule has 0 saturated heterocycles. The van der Waals surface area contributed by atoms with Crippen molar-refractivity contribution >= 4 is 17.3 Å². The quantitative estimate of drug-likeness (QED) is 0.494. The van der Waals surface area contributed by atoms with Crippen LogP contribution in [0.15, 0.2) is 6.33 Å². The van der Waals surface area contributed by atoms with Crippen LogP contribution in [-0.4, -0.2) is 39.2 Å². The highest BCUT2D eigenvalue weighted by molar-refractivity contribution is 5.69. The number of nitrogens with zero attached hydrogens (tertiary/aromatic N) is 3. The minimum Gasteiger partial charge on any atom is -0.392 e. The van der Waals surface area contributed by atoms with Crippen LogP contribution in [0.25, 0.3) is 0 Å². The van der Waals surface area contributed by atoms with Gasteiger partial charge in [-0.25, -0.2) is 9.97 Å². The van der Waals surface area contributed by atoms with E-state index >= 15 is 0 Å². The first-order chi connectivity index (χ1) is 8.06. The summed E-state index contributed by atoms with van der Waals surface area (Å²) in [6, 6.07) is 0. The lowest BCUT2D eigenvalue weighted by Gasteiger charge is -2.09. The Balaban J connectivity index is 3.02. The van der Waals surface area contributed by atoms with Crippen molar-refractivity contribution in [1.82, 2.24) is 9.97 Å². The molecule has 0 radical (unpaired) electrons. The van der Waals surface area contributed by atoms with Gasteiger partial charge in [0.25, 0.3) is 0 Å². The zero-order valence-electron chi connectivity index (χ0n) is 9.67. The molecule has 0 saturated carbocycles. The fourth-order valence-electron chi connectivity index (χ4n) is 1.22. The van der Waals surface area contributed by atoms with E-state index in [2.05, 4.69) is 20.6 Å². The second kappa shape index (κ2) is 5.94. The molecule has 0 spiro atoms. The van der Waals surface area contributed by atoms with Crippen LogP contribution in [0.3, 0.4) is 0 Å². The van der Waals surface area contributed by atoms with Gasteiger partial charge in [0.05, 0.1) is 11.0 Å². The SMILES string of the molecule is CCNc1ncnc(NCC(C)O)c1[N+](=O)[O-]. The number of aliphatic hydroxyl groups is 1. The van der Waals surface area contributed by atoms with E-state index in [1.54, 1.807) is 6.92 Å². The Kier molecular flexibility index (Phi) is 4.58. The van der Waals surface area contributed by atoms with Gasteiger partial charge in [-0.15, -0.1) is 0 Å². The second-order valence-corrected chi connectivity index (χ2v) is 3.44. The number of nitrogens with one attached hydrogen (secondary N) is 2. The molecule has 0 fully saturated rings. The largest absolute Gasteiger partial charge is 0.392 e. The zero-order chi connectivity index (χ0) is 12.8. The molecule has 0 aliphatic carbocycles. The molecule has 0 amide bonds. The topological polar surface area (TPSA) is 113 Å². The van der Waals surface area contributed by atoms with Gasteiger partial charge in [0.2, 0.25) is 11.6 Å². The van der Waals surface area contributed by atoms with Gasteiger partial charge >= 0.3 is 5.69 Å². The third-order valence-electron chi connectivity index (χ3n) is 1.91. The summed E-state index contributed by atoms with van der Waals surface area (Å²) in [5, 5.41) is 25.6. The fraction of sp³-hybridized carbons (Fsp3) is 0.556. The molecule has 1 heterocycles. The summed E-state index contributed by atoms with van der Waals surface area (Å²) >= 11 is 0. The first-order valence-corrected chi connectivity index (χ1v) is 5.21. The predicted octanol–water partition coefficient (Wildman–Crippen LogP) is 0.609. The molecule has 8 nitrogen and oxygen atoms in total. The van der Waals surface area contributed by atoms with E-state index in [4.69, 9.17) is 5.11 Å². The first-order valence-electron chi connectivity index (χ1n) is 5.21. The number of rotatable bonds is 6. The highest BCUT2D eigenvalue weighted by Gasteiger charge is 2.22. The number of anilines is 2. The van der Waals surface area contributed by atoms with Crippen molar-refractivity contribution in [2.45, 2.75) is 20.0 Å². The summed E-state index contributed by atoms with van der Waals surface area (Å²) in [5.41, 5.74) is -0.213. The Morgan fingerprint density at radius 1 is 1.47 bits per heavy atom. The van der Waals surface area contributed by atoms with E-state index in [1.165, 1.54) is 6.33 Å². The molecule has 0 aliphatic rings. The Bertz CT molecular complexity index is 396. The van der Waals surface area contributed by atoms with Gasteiger partial charge in [-0.3, -0.25) is 10.1 Å². The van der Waals surface area contributed by atoms with Gasteiger partial charge < -0.3 is 15.7 Å². The maximum Gasteiger partial charge on any atom is 0.353 e. The molecular formula is C9H15N5O3. The van der Waals surface area contributed by atoms with Crippen LogP contribution < -0.4 is 10.6 Å². The molecular weight excluding hydrogens is 226 g/mol. The van der Waals surface area contributed by atoms with Gasteiger partial charge in [0, 0.05) is 13.1 Å². The van der Waals surface area contributed by atoms with Crippen LogP contribution in [0, 0.1) is 10.1 Å². The van der Waals surface area contributed by atoms with Gasteiger partial charge in [0.15, 0.2) is 0 Å². The standard InChI is InChI=1S/C9H15N5O3/c1-3-10-8-7(14(16)17)9(13-5-12-8)11-4-6(2)15/h5-6,15H,3-4H2,1-2H3,(H2,10,11,12,13). The van der Waals surface area contributed by atoms with E-state index in [0.29, 0.717) is 6.54 Å². The van der Waals surface area contributed by atoms with E-state index in [1.807, 2.05) is 6.92 Å². The lowest BCUT2D eigenvalue weighted by Crippen LogP contribution is -2.17. The van der Waals surface area contributed by atoms with Gasteiger partial charge in [-0.1, -0.05) is 0 Å². The number of nitro groups is 1. The summed E-state index contributed by atoms with van der Waals surface area (Å²) in [5.74, 6) is 0.266. The summed E-state index contributed by atoms with van der Waals surface area (Å²) in [6.07, 6.45) is 0.613. The molecule has 1 rings (SSSR count). The smallest absolute Gasteiger partial charge is 0.353 e. The lowest BCUT2D eigenvalue weighted by molar-refractivity contribution is -0.383. The third kappa shape index (κ3) is 3.52. The highest BCUT2D eigenvalue weighted by Crippen LogP contribution is 2.28. The maximum absolute atomic E-state index is 10.9. The van der Waals surface area contributed by atoms with E-state index in [0.717, 1.165) is 0 Å². The number of hydrogen-bond donors (Lipinski definition) is 3. The average molecular weight is 241 g/mol. The summed E-state index contributed by atoms with van der Waals surface area (Å²) < 4.78 is 0. The Morgan fingerprint density at radius 2 is 2.06 bits per heavy atom. The van der Waals surface area contributed by atoms with Crippen LogP contribution in [-0.2, 0) is 0 Å². The Hall–Kier alpha value is -1.96. The minimum absolute atomic E-state index is 0.0989. The van der Waals surface area contributed by atoms with Gasteiger partial charge in [0.1, 0.15) is 6.33 Å². The number of aromatic nitrogens is 2. The maximum atomic E-state index is 10.9. The second-order valence-electron chi connectivity index (χ2n) is 3.44. The van der Waals surface area contributed by atoms with Crippen LogP contribution in [0.2, 0.25) is 0 Å². The highest BCUT2D eigenvalue weighted by atomic mass is 16.6. The van der Waals surface area contributed by atoms with E-state index in [9.17, 15) is 10.1 Å². The zero-order valence-corrected chi connectivity index (χ0v) is 9.67. The lowest BCUT2D eigenvalue weighted by atomic mass is 10.3. The number of hydrogen-bond acceptors (Lipinski definition) is 7. The summed E-state index contributed by atoms with van der Waals surface area (Å²) in [7, 11) is 0. The van der Waals surface area contributed by atoms with Crippen LogP contribution in [0.5, 0.6) is 0 Å². The molecule has 0 aliphatic heterocycles. The minimum atomic E-state index is -0.618. The van der Waals surface area contributed by atoms with Crippen molar-refractivity contribution < 1.29 is 10.0 Å². The molecule has 8 heteroatoms. The first kappa shape index (κ1) is 13.1. The monoisotopic (exact) mass is 241 g/mol. The van der Waals surface area contributed by atoms with Crippen molar-refractivity contribution in [2.75, 3.05) is 23.7 Å². The van der Waals surface area contributed by atoms with Crippen molar-refractivity contribution in [3.05, 3.63) is 16.4 Å². The van der Waals surface area contributed by atoms with Crippen LogP contribution in [0.4, 0.5) is 17.3 Å². The normalized spacial score (nSPS) is 11.9. The van der Waals surface area contributed by atoms with E-state index < -0.39 is 11.0 Å². The summed E-state index contributed by atoms with van der Waals surface area (Å²) in [4.78, 5) is 18.0. The summed E-state index contributed by atoms with van der Waals surface area (Å²) in [6.45, 7) is 4.09. The molecule has 1 unspecified atom stereocenters. The van der Waals surface area contributed by atoms with Gasteiger partial charge in [-0.05, 0) is 13.8 Å². The Morgan fingerprint density at radius 3 is 2.53 bits per heavy atom. The van der Waals surface area contributed by atoms with Crippen molar-refractivity contribution in [1.29, 1.82) is 0 Å². The molecule has 1 atom stereocenters. The van der Waals surface area contributed by atoms with E-state index in [-0.39, 0.29) is 23.9 Å². The molecule has 1 aromatic heterocycles. The number of aliphatic hydroxyl groups excluding tert-OH is 1. The third-order valence-corrected chi connectivity index (χ3v) is 1.91. The average Bonchev–Trinajstić information content (AvgIpc) is 2.26. The fourth-order valence-corrected chi connectivity index (χ4v) is 1.22. The molecule has 94 valence electrons. The van der Waals surface area contributed by atoms with Crippen LogP contribution in [0.1, 0.15) is 13.8 Å². The van der Waals surface area contributed by atoms with Crippen molar-refractivity contribution in [2.24, 2.45) is 0 Å². The molecule has 17 heavy (non-hydrogen) atoms. The molecule has 1 aromatic rings. The van der Waals surface area contributed by atoms with Crippen molar-refractivity contribution in [3.8, 4) is 0 Å². The van der Waals surface area contributed by atoms with Crippen molar-refractivity contribution in [3.63, 3.8) is 0 Å². The predicted molar refractivity (Wildman–Crippen MR) is 63.0 cm³/mol. The molecule has 0 aromatic carbocycles. The molecule has 3 N–H and O–H groups in total.